The first kappa shape index (κ1) is 15.0. The molecule has 0 aliphatic carbocycles. The Labute approximate surface area is 133 Å². The third-order valence-corrected chi connectivity index (χ3v) is 3.79. The fraction of sp³-hybridized carbons (Fsp3) is 0.250. The second kappa shape index (κ2) is 6.04. The Morgan fingerprint density at radius 3 is 2.91 bits per heavy atom. The van der Waals surface area contributed by atoms with Crippen LogP contribution >= 0.6 is 0 Å². The van der Waals surface area contributed by atoms with Crippen molar-refractivity contribution in [3.63, 3.8) is 0 Å². The van der Waals surface area contributed by atoms with Crippen LogP contribution in [-0.4, -0.2) is 35.9 Å². The third kappa shape index (κ3) is 2.98. The maximum Gasteiger partial charge on any atom is 0.335 e. The van der Waals surface area contributed by atoms with Gasteiger partial charge in [-0.1, -0.05) is 18.2 Å². The first-order valence-electron chi connectivity index (χ1n) is 7.39. The Bertz CT molecular complexity index is 836. The van der Waals surface area contributed by atoms with Crippen molar-refractivity contribution in [1.29, 1.82) is 0 Å². The molecule has 3 aromatic rings. The molecular formula is C16H17N5O2. The van der Waals surface area contributed by atoms with Gasteiger partial charge < -0.3 is 5.11 Å². The standard InChI is InChI=1S/C16H17N5O2/c1-3-11(2)20-9-13(8-17-20)15-10-21(19-18-15)14-6-4-5-12(7-14)16(22)23/h4-11H,3H2,1-2H3,(H,22,23). The van der Waals surface area contributed by atoms with Gasteiger partial charge in [0.2, 0.25) is 0 Å². The van der Waals surface area contributed by atoms with Crippen molar-refractivity contribution in [3.05, 3.63) is 48.4 Å². The highest BCUT2D eigenvalue weighted by atomic mass is 16.4. The molecule has 0 saturated carbocycles. The van der Waals surface area contributed by atoms with Crippen molar-refractivity contribution in [2.45, 2.75) is 26.3 Å². The molecule has 3 rings (SSSR count). The SMILES string of the molecule is CCC(C)n1cc(-c2cn(-c3cccc(C(=O)O)c3)nn2)cn1. The van der Waals surface area contributed by atoms with E-state index in [1.54, 1.807) is 41.3 Å². The normalized spacial score (nSPS) is 12.3. The zero-order valence-electron chi connectivity index (χ0n) is 12.9. The number of carboxylic acid groups (broad SMARTS) is 1. The average molecular weight is 311 g/mol. The zero-order valence-corrected chi connectivity index (χ0v) is 12.9. The highest BCUT2D eigenvalue weighted by Crippen LogP contribution is 2.20. The number of benzene rings is 1. The van der Waals surface area contributed by atoms with Crippen LogP contribution < -0.4 is 0 Å². The summed E-state index contributed by atoms with van der Waals surface area (Å²) >= 11 is 0. The van der Waals surface area contributed by atoms with Crippen LogP contribution in [0.4, 0.5) is 0 Å². The first-order chi connectivity index (χ1) is 11.1. The van der Waals surface area contributed by atoms with Crippen LogP contribution in [0.2, 0.25) is 0 Å². The maximum atomic E-state index is 11.0. The van der Waals surface area contributed by atoms with E-state index < -0.39 is 5.97 Å². The van der Waals surface area contributed by atoms with Gasteiger partial charge in [-0.05, 0) is 31.5 Å². The molecule has 2 aromatic heterocycles. The third-order valence-electron chi connectivity index (χ3n) is 3.79. The summed E-state index contributed by atoms with van der Waals surface area (Å²) in [6.07, 6.45) is 6.46. The molecular weight excluding hydrogens is 294 g/mol. The molecule has 1 unspecified atom stereocenters. The summed E-state index contributed by atoms with van der Waals surface area (Å²) in [5, 5.41) is 21.6. The van der Waals surface area contributed by atoms with Crippen LogP contribution in [0.5, 0.6) is 0 Å². The fourth-order valence-electron chi connectivity index (χ4n) is 2.20. The van der Waals surface area contributed by atoms with Gasteiger partial charge in [-0.2, -0.15) is 5.10 Å². The van der Waals surface area contributed by atoms with Crippen LogP contribution in [-0.2, 0) is 0 Å². The monoisotopic (exact) mass is 311 g/mol. The molecule has 0 fully saturated rings. The van der Waals surface area contributed by atoms with Gasteiger partial charge in [0.25, 0.3) is 0 Å². The van der Waals surface area contributed by atoms with Gasteiger partial charge in [-0.25, -0.2) is 9.48 Å². The number of aromatic carboxylic acids is 1. The number of carboxylic acids is 1. The van der Waals surface area contributed by atoms with Crippen molar-refractivity contribution in [1.82, 2.24) is 24.8 Å². The molecule has 7 heteroatoms. The molecule has 0 bridgehead atoms. The molecule has 0 saturated heterocycles. The number of nitrogens with zero attached hydrogens (tertiary/aromatic N) is 5. The summed E-state index contributed by atoms with van der Waals surface area (Å²) in [6.45, 7) is 4.21. The van der Waals surface area contributed by atoms with Gasteiger partial charge in [-0.3, -0.25) is 4.68 Å². The van der Waals surface area contributed by atoms with Crippen molar-refractivity contribution in [2.24, 2.45) is 0 Å². The smallest absolute Gasteiger partial charge is 0.335 e. The van der Waals surface area contributed by atoms with E-state index >= 15 is 0 Å². The van der Waals surface area contributed by atoms with Gasteiger partial charge >= 0.3 is 5.97 Å². The van der Waals surface area contributed by atoms with Crippen LogP contribution in [0, 0.1) is 0 Å². The molecule has 0 aliphatic heterocycles. The van der Waals surface area contributed by atoms with Crippen LogP contribution in [0.25, 0.3) is 16.9 Å². The van der Waals surface area contributed by atoms with Gasteiger partial charge in [-0.15, -0.1) is 5.10 Å². The molecule has 1 atom stereocenters. The fourth-order valence-corrected chi connectivity index (χ4v) is 2.20. The lowest BCUT2D eigenvalue weighted by molar-refractivity contribution is 0.0697. The van der Waals surface area contributed by atoms with Crippen molar-refractivity contribution in [2.75, 3.05) is 0 Å². The predicted octanol–water partition coefficient (Wildman–Crippen LogP) is 2.80. The van der Waals surface area contributed by atoms with Gasteiger partial charge in [0, 0.05) is 17.8 Å². The molecule has 1 aromatic carbocycles. The lowest BCUT2D eigenvalue weighted by Crippen LogP contribution is -2.03. The molecule has 2 heterocycles. The van der Waals surface area contributed by atoms with E-state index in [0.717, 1.165) is 12.0 Å². The van der Waals surface area contributed by atoms with Crippen LogP contribution in [0.15, 0.2) is 42.9 Å². The average Bonchev–Trinajstić information content (AvgIpc) is 3.23. The minimum atomic E-state index is -0.970. The van der Waals surface area contributed by atoms with Crippen molar-refractivity contribution in [3.8, 4) is 16.9 Å². The number of hydrogen-bond acceptors (Lipinski definition) is 4. The Morgan fingerprint density at radius 2 is 2.17 bits per heavy atom. The molecule has 0 amide bonds. The molecule has 0 aliphatic rings. The lowest BCUT2D eigenvalue weighted by atomic mass is 10.2. The van der Waals surface area contributed by atoms with E-state index in [-0.39, 0.29) is 5.56 Å². The largest absolute Gasteiger partial charge is 0.478 e. The summed E-state index contributed by atoms with van der Waals surface area (Å²) in [7, 11) is 0. The minimum absolute atomic E-state index is 0.212. The van der Waals surface area contributed by atoms with E-state index in [4.69, 9.17) is 5.11 Å². The number of carbonyl (C=O) groups is 1. The predicted molar refractivity (Wildman–Crippen MR) is 84.5 cm³/mol. The number of hydrogen-bond donors (Lipinski definition) is 1. The van der Waals surface area contributed by atoms with Crippen molar-refractivity contribution < 1.29 is 9.90 Å². The van der Waals surface area contributed by atoms with E-state index in [1.807, 2.05) is 10.9 Å². The van der Waals surface area contributed by atoms with E-state index in [9.17, 15) is 4.79 Å². The van der Waals surface area contributed by atoms with E-state index in [0.29, 0.717) is 17.4 Å². The topological polar surface area (TPSA) is 85.8 Å². The molecule has 7 nitrogen and oxygen atoms in total. The minimum Gasteiger partial charge on any atom is -0.478 e. The van der Waals surface area contributed by atoms with Gasteiger partial charge in [0.05, 0.1) is 23.6 Å². The van der Waals surface area contributed by atoms with Gasteiger partial charge in [0.1, 0.15) is 5.69 Å². The summed E-state index contributed by atoms with van der Waals surface area (Å²) in [5.74, 6) is -0.970. The number of rotatable bonds is 5. The molecule has 23 heavy (non-hydrogen) atoms. The zero-order chi connectivity index (χ0) is 16.4. The number of aromatic nitrogens is 5. The quantitative estimate of drug-likeness (QED) is 0.783. The van der Waals surface area contributed by atoms with Gasteiger partial charge in [0.15, 0.2) is 0 Å². The first-order valence-corrected chi connectivity index (χ1v) is 7.39. The molecule has 0 radical (unpaired) electrons. The van der Waals surface area contributed by atoms with E-state index in [2.05, 4.69) is 29.3 Å². The Morgan fingerprint density at radius 1 is 1.35 bits per heavy atom. The highest BCUT2D eigenvalue weighted by molar-refractivity contribution is 5.88. The molecule has 118 valence electrons. The van der Waals surface area contributed by atoms with Crippen LogP contribution in [0.1, 0.15) is 36.7 Å². The summed E-state index contributed by atoms with van der Waals surface area (Å²) in [5.41, 5.74) is 2.44. The maximum absolute atomic E-state index is 11.0. The summed E-state index contributed by atoms with van der Waals surface area (Å²) < 4.78 is 3.46. The second-order valence-electron chi connectivity index (χ2n) is 5.37. The highest BCUT2D eigenvalue weighted by Gasteiger charge is 2.11. The molecule has 1 N–H and O–H groups in total. The Kier molecular flexibility index (Phi) is 3.92. The van der Waals surface area contributed by atoms with E-state index in [1.165, 1.54) is 0 Å². The Hall–Kier alpha value is -2.96. The Balaban J connectivity index is 1.90. The van der Waals surface area contributed by atoms with Crippen molar-refractivity contribution >= 4 is 5.97 Å². The van der Waals surface area contributed by atoms with Crippen LogP contribution in [0.3, 0.4) is 0 Å². The summed E-state index contributed by atoms with van der Waals surface area (Å²) in [6, 6.07) is 6.89. The molecule has 0 spiro atoms. The summed E-state index contributed by atoms with van der Waals surface area (Å²) in [4.78, 5) is 11.0. The lowest BCUT2D eigenvalue weighted by Gasteiger charge is -2.07. The second-order valence-corrected chi connectivity index (χ2v) is 5.37.